The van der Waals surface area contributed by atoms with Crippen LogP contribution in [0.3, 0.4) is 0 Å². The lowest BCUT2D eigenvalue weighted by molar-refractivity contribution is 0.949. The maximum absolute atomic E-state index is 4.50. The minimum absolute atomic E-state index is 0.565. The number of hydrogen-bond acceptors (Lipinski definition) is 5. The minimum Gasteiger partial charge on any atom is -0.372 e. The standard InChI is InChI=1S/C17H21N5/c1-2-12-22(11-1)15-7-5-13(6-8-15)19-16-9-10-18-17(21-16)20-14-3-4-14/h5-10,14H,1-4,11-12H2,(H2,18,19,20,21). The summed E-state index contributed by atoms with van der Waals surface area (Å²) in [4.78, 5) is 11.2. The van der Waals surface area contributed by atoms with E-state index >= 15 is 0 Å². The molecule has 2 aromatic rings. The zero-order valence-electron chi connectivity index (χ0n) is 12.6. The van der Waals surface area contributed by atoms with E-state index in [9.17, 15) is 0 Å². The van der Waals surface area contributed by atoms with Gasteiger partial charge in [0.25, 0.3) is 0 Å². The van der Waals surface area contributed by atoms with Crippen molar-refractivity contribution >= 4 is 23.1 Å². The Kier molecular flexibility index (Phi) is 3.54. The zero-order valence-corrected chi connectivity index (χ0v) is 12.6. The highest BCUT2D eigenvalue weighted by Crippen LogP contribution is 2.25. The topological polar surface area (TPSA) is 53.1 Å². The van der Waals surface area contributed by atoms with E-state index in [0.717, 1.165) is 11.5 Å². The van der Waals surface area contributed by atoms with Crippen LogP contribution in [0.4, 0.5) is 23.1 Å². The summed E-state index contributed by atoms with van der Waals surface area (Å²) in [5.41, 5.74) is 2.36. The van der Waals surface area contributed by atoms with Crippen LogP contribution < -0.4 is 15.5 Å². The van der Waals surface area contributed by atoms with Gasteiger partial charge in [0.1, 0.15) is 5.82 Å². The van der Waals surface area contributed by atoms with E-state index in [-0.39, 0.29) is 0 Å². The molecule has 4 rings (SSSR count). The summed E-state index contributed by atoms with van der Waals surface area (Å²) in [5.74, 6) is 1.54. The molecule has 1 aromatic heterocycles. The molecular weight excluding hydrogens is 274 g/mol. The molecule has 114 valence electrons. The summed E-state index contributed by atoms with van der Waals surface area (Å²) in [6.45, 7) is 2.35. The summed E-state index contributed by atoms with van der Waals surface area (Å²) >= 11 is 0. The Balaban J connectivity index is 1.43. The maximum Gasteiger partial charge on any atom is 0.224 e. The largest absolute Gasteiger partial charge is 0.372 e. The third kappa shape index (κ3) is 3.13. The number of hydrogen-bond donors (Lipinski definition) is 2. The fraction of sp³-hybridized carbons (Fsp3) is 0.412. The van der Waals surface area contributed by atoms with Crippen molar-refractivity contribution in [3.05, 3.63) is 36.5 Å². The lowest BCUT2D eigenvalue weighted by atomic mass is 10.2. The van der Waals surface area contributed by atoms with Crippen molar-refractivity contribution < 1.29 is 0 Å². The van der Waals surface area contributed by atoms with E-state index in [1.807, 2.05) is 6.07 Å². The molecule has 1 saturated heterocycles. The van der Waals surface area contributed by atoms with Crippen molar-refractivity contribution in [2.45, 2.75) is 31.7 Å². The van der Waals surface area contributed by atoms with Crippen molar-refractivity contribution in [2.75, 3.05) is 28.6 Å². The van der Waals surface area contributed by atoms with Crippen LogP contribution >= 0.6 is 0 Å². The van der Waals surface area contributed by atoms with Crippen molar-refractivity contribution in [3.8, 4) is 0 Å². The number of aromatic nitrogens is 2. The van der Waals surface area contributed by atoms with Crippen LogP contribution in [0, 0.1) is 0 Å². The molecule has 5 nitrogen and oxygen atoms in total. The number of benzene rings is 1. The van der Waals surface area contributed by atoms with Gasteiger partial charge in [-0.05, 0) is 56.0 Å². The quantitative estimate of drug-likeness (QED) is 0.885. The van der Waals surface area contributed by atoms with Crippen molar-refractivity contribution in [1.29, 1.82) is 0 Å². The van der Waals surface area contributed by atoms with Gasteiger partial charge in [0, 0.05) is 36.7 Å². The monoisotopic (exact) mass is 295 g/mol. The molecule has 1 aliphatic carbocycles. The molecule has 2 aliphatic rings. The van der Waals surface area contributed by atoms with Gasteiger partial charge >= 0.3 is 0 Å². The third-order valence-corrected chi connectivity index (χ3v) is 4.18. The van der Waals surface area contributed by atoms with Gasteiger partial charge in [0.2, 0.25) is 5.95 Å². The molecule has 2 fully saturated rings. The van der Waals surface area contributed by atoms with Crippen molar-refractivity contribution in [1.82, 2.24) is 9.97 Å². The molecule has 1 saturated carbocycles. The fourth-order valence-electron chi connectivity index (χ4n) is 2.79. The number of rotatable bonds is 5. The molecule has 1 aromatic carbocycles. The number of nitrogens with zero attached hydrogens (tertiary/aromatic N) is 3. The van der Waals surface area contributed by atoms with Gasteiger partial charge in [-0.2, -0.15) is 4.98 Å². The van der Waals surface area contributed by atoms with E-state index < -0.39 is 0 Å². The average molecular weight is 295 g/mol. The summed E-state index contributed by atoms with van der Waals surface area (Å²) in [7, 11) is 0. The molecule has 22 heavy (non-hydrogen) atoms. The van der Waals surface area contributed by atoms with Gasteiger partial charge in [0.15, 0.2) is 0 Å². The smallest absolute Gasteiger partial charge is 0.224 e. The molecule has 0 amide bonds. The Morgan fingerprint density at radius 1 is 1.00 bits per heavy atom. The summed E-state index contributed by atoms with van der Waals surface area (Å²) in [5, 5.41) is 6.67. The van der Waals surface area contributed by atoms with Gasteiger partial charge in [-0.1, -0.05) is 0 Å². The first-order chi connectivity index (χ1) is 10.9. The van der Waals surface area contributed by atoms with E-state index in [0.29, 0.717) is 12.0 Å². The lowest BCUT2D eigenvalue weighted by Crippen LogP contribution is -2.17. The first kappa shape index (κ1) is 13.4. The second kappa shape index (κ2) is 5.83. The molecule has 2 heterocycles. The molecule has 2 N–H and O–H groups in total. The van der Waals surface area contributed by atoms with Crippen LogP contribution in [0.5, 0.6) is 0 Å². The lowest BCUT2D eigenvalue weighted by Gasteiger charge is -2.18. The Bertz CT molecular complexity index is 630. The van der Waals surface area contributed by atoms with Crippen LogP contribution in [-0.2, 0) is 0 Å². The van der Waals surface area contributed by atoms with Crippen LogP contribution in [0.15, 0.2) is 36.5 Å². The SMILES string of the molecule is c1cc(Nc2ccc(N3CCCC3)cc2)nc(NC2CC2)n1. The van der Waals surface area contributed by atoms with Gasteiger partial charge in [-0.3, -0.25) is 0 Å². The average Bonchev–Trinajstić information content (AvgIpc) is 3.18. The minimum atomic E-state index is 0.565. The number of nitrogens with one attached hydrogen (secondary N) is 2. The Morgan fingerprint density at radius 3 is 2.50 bits per heavy atom. The molecule has 0 unspecified atom stereocenters. The van der Waals surface area contributed by atoms with Crippen LogP contribution in [0.1, 0.15) is 25.7 Å². The maximum atomic E-state index is 4.50. The van der Waals surface area contributed by atoms with Crippen LogP contribution in [0.25, 0.3) is 0 Å². The Morgan fingerprint density at radius 2 is 1.77 bits per heavy atom. The molecule has 0 atom stereocenters. The molecular formula is C17H21N5. The second-order valence-electron chi connectivity index (χ2n) is 6.05. The van der Waals surface area contributed by atoms with Gasteiger partial charge < -0.3 is 15.5 Å². The molecule has 0 bridgehead atoms. The Hall–Kier alpha value is -2.30. The summed E-state index contributed by atoms with van der Waals surface area (Å²) in [6, 6.07) is 11.0. The van der Waals surface area contributed by atoms with Gasteiger partial charge in [-0.25, -0.2) is 4.98 Å². The van der Waals surface area contributed by atoms with Gasteiger partial charge in [0.05, 0.1) is 0 Å². The highest BCUT2D eigenvalue weighted by Gasteiger charge is 2.21. The highest BCUT2D eigenvalue weighted by molar-refractivity contribution is 5.61. The van der Waals surface area contributed by atoms with E-state index in [2.05, 4.69) is 49.8 Å². The predicted octanol–water partition coefficient (Wildman–Crippen LogP) is 3.39. The fourth-order valence-corrected chi connectivity index (χ4v) is 2.79. The highest BCUT2D eigenvalue weighted by atomic mass is 15.2. The van der Waals surface area contributed by atoms with E-state index in [4.69, 9.17) is 0 Å². The van der Waals surface area contributed by atoms with Crippen molar-refractivity contribution in [2.24, 2.45) is 0 Å². The third-order valence-electron chi connectivity index (χ3n) is 4.18. The summed E-state index contributed by atoms with van der Waals surface area (Å²) < 4.78 is 0. The zero-order chi connectivity index (χ0) is 14.8. The van der Waals surface area contributed by atoms with Crippen LogP contribution in [0.2, 0.25) is 0 Å². The number of anilines is 4. The summed E-state index contributed by atoms with van der Waals surface area (Å²) in [6.07, 6.45) is 6.84. The van der Waals surface area contributed by atoms with Crippen LogP contribution in [-0.4, -0.2) is 29.1 Å². The normalized spacial score (nSPS) is 17.5. The Labute approximate surface area is 130 Å². The first-order valence-electron chi connectivity index (χ1n) is 8.08. The van der Waals surface area contributed by atoms with Gasteiger partial charge in [-0.15, -0.1) is 0 Å². The molecule has 5 heteroatoms. The van der Waals surface area contributed by atoms with E-state index in [1.165, 1.54) is 44.5 Å². The van der Waals surface area contributed by atoms with E-state index in [1.54, 1.807) is 6.20 Å². The van der Waals surface area contributed by atoms with Crippen molar-refractivity contribution in [3.63, 3.8) is 0 Å². The molecule has 0 spiro atoms. The second-order valence-corrected chi connectivity index (χ2v) is 6.05. The first-order valence-corrected chi connectivity index (χ1v) is 8.08. The predicted molar refractivity (Wildman–Crippen MR) is 89.8 cm³/mol. The molecule has 0 radical (unpaired) electrons. The molecule has 1 aliphatic heterocycles.